The van der Waals surface area contributed by atoms with E-state index in [-0.39, 0.29) is 6.79 Å². The molecule has 0 aliphatic heterocycles. The van der Waals surface area contributed by atoms with Gasteiger partial charge in [0.1, 0.15) is 6.79 Å². The first kappa shape index (κ1) is 10.9. The Morgan fingerprint density at radius 2 is 1.64 bits per heavy atom. The number of unbranched alkanes of at least 4 members (excludes halogenated alkanes) is 2. The normalized spacial score (nSPS) is 10.4. The van der Waals surface area contributed by atoms with Gasteiger partial charge in [-0.15, -0.1) is 0 Å². The molecule has 0 rings (SSSR count). The van der Waals surface area contributed by atoms with E-state index in [1.54, 1.807) is 0 Å². The summed E-state index contributed by atoms with van der Waals surface area (Å²) in [6.45, 7) is 4.13. The summed E-state index contributed by atoms with van der Waals surface area (Å²) in [5.41, 5.74) is 0. The molecule has 0 aromatic heterocycles. The molecule has 0 saturated heterocycles. The first-order chi connectivity index (χ1) is 5.41. The zero-order valence-electron chi connectivity index (χ0n) is 7.21. The van der Waals surface area contributed by atoms with Crippen molar-refractivity contribution in [2.24, 2.45) is 0 Å². The van der Waals surface area contributed by atoms with E-state index in [4.69, 9.17) is 14.6 Å². The third-order valence-electron chi connectivity index (χ3n) is 1.37. The van der Waals surface area contributed by atoms with E-state index >= 15 is 0 Å². The van der Waals surface area contributed by atoms with Crippen molar-refractivity contribution < 1.29 is 14.6 Å². The molecule has 0 saturated carbocycles. The monoisotopic (exact) mass is 162 g/mol. The highest BCUT2D eigenvalue weighted by atomic mass is 16.6. The Hall–Kier alpha value is -0.120. The van der Waals surface area contributed by atoms with Crippen LogP contribution in [0.25, 0.3) is 0 Å². The van der Waals surface area contributed by atoms with Gasteiger partial charge in [-0.3, -0.25) is 0 Å². The van der Waals surface area contributed by atoms with Crippen LogP contribution < -0.4 is 0 Å². The van der Waals surface area contributed by atoms with Crippen molar-refractivity contribution in [3.05, 3.63) is 0 Å². The molecule has 0 radical (unpaired) electrons. The molecule has 0 bridgehead atoms. The van der Waals surface area contributed by atoms with E-state index in [1.807, 2.05) is 6.92 Å². The van der Waals surface area contributed by atoms with Gasteiger partial charge in [0, 0.05) is 19.8 Å². The van der Waals surface area contributed by atoms with E-state index in [0.29, 0.717) is 6.61 Å². The van der Waals surface area contributed by atoms with Crippen LogP contribution in [0.2, 0.25) is 0 Å². The van der Waals surface area contributed by atoms with Crippen molar-refractivity contribution in [1.82, 2.24) is 0 Å². The summed E-state index contributed by atoms with van der Waals surface area (Å²) in [7, 11) is 0. The minimum absolute atomic E-state index is 0.161. The molecule has 3 nitrogen and oxygen atoms in total. The lowest BCUT2D eigenvalue weighted by Gasteiger charge is -2.01. The van der Waals surface area contributed by atoms with E-state index in [1.165, 1.54) is 0 Å². The van der Waals surface area contributed by atoms with Crippen LogP contribution in [0.3, 0.4) is 0 Å². The number of rotatable bonds is 8. The molecule has 0 heterocycles. The van der Waals surface area contributed by atoms with Crippen molar-refractivity contribution in [2.45, 2.75) is 26.2 Å². The standard InChI is InChI=1S/C8H18O3/c1-2-10-6-4-3-5-7-11-8-9/h9H,2-8H2,1H3. The smallest absolute Gasteiger partial charge is 0.143 e. The van der Waals surface area contributed by atoms with Gasteiger partial charge in [0.05, 0.1) is 0 Å². The van der Waals surface area contributed by atoms with Crippen molar-refractivity contribution in [3.8, 4) is 0 Å². The molecule has 0 aromatic rings. The summed E-state index contributed by atoms with van der Waals surface area (Å²) in [5, 5.41) is 8.26. The molecular formula is C8H18O3. The second-order valence-corrected chi connectivity index (χ2v) is 2.29. The second-order valence-electron chi connectivity index (χ2n) is 2.29. The van der Waals surface area contributed by atoms with Crippen LogP contribution in [-0.2, 0) is 9.47 Å². The first-order valence-corrected chi connectivity index (χ1v) is 4.18. The van der Waals surface area contributed by atoms with Crippen LogP contribution in [0, 0.1) is 0 Å². The summed E-state index contributed by atoms with van der Waals surface area (Å²) < 4.78 is 9.90. The lowest BCUT2D eigenvalue weighted by Crippen LogP contribution is -1.97. The van der Waals surface area contributed by atoms with Gasteiger partial charge in [-0.05, 0) is 26.2 Å². The Kier molecular flexibility index (Phi) is 9.77. The van der Waals surface area contributed by atoms with E-state index in [0.717, 1.165) is 32.5 Å². The molecule has 0 aromatic carbocycles. The van der Waals surface area contributed by atoms with E-state index in [2.05, 4.69) is 0 Å². The number of ether oxygens (including phenoxy) is 2. The number of aliphatic hydroxyl groups is 1. The highest BCUT2D eigenvalue weighted by Gasteiger charge is 1.88. The highest BCUT2D eigenvalue weighted by molar-refractivity contribution is 4.39. The fourth-order valence-corrected chi connectivity index (χ4v) is 0.794. The van der Waals surface area contributed by atoms with Crippen LogP contribution in [-0.4, -0.2) is 31.7 Å². The van der Waals surface area contributed by atoms with Crippen LogP contribution >= 0.6 is 0 Å². The van der Waals surface area contributed by atoms with Gasteiger partial charge < -0.3 is 14.6 Å². The number of hydrogen-bond donors (Lipinski definition) is 1. The maximum Gasteiger partial charge on any atom is 0.143 e. The Morgan fingerprint density at radius 1 is 1.00 bits per heavy atom. The van der Waals surface area contributed by atoms with E-state index in [9.17, 15) is 0 Å². The predicted octanol–water partition coefficient (Wildman–Crippen LogP) is 1.16. The molecule has 0 aliphatic rings. The van der Waals surface area contributed by atoms with Gasteiger partial charge >= 0.3 is 0 Å². The molecule has 0 spiro atoms. The highest BCUT2D eigenvalue weighted by Crippen LogP contribution is 1.95. The second kappa shape index (κ2) is 9.88. The lowest BCUT2D eigenvalue weighted by atomic mass is 10.2. The molecule has 0 unspecified atom stereocenters. The third-order valence-corrected chi connectivity index (χ3v) is 1.37. The van der Waals surface area contributed by atoms with Gasteiger partial charge in [0.15, 0.2) is 0 Å². The summed E-state index contributed by atoms with van der Waals surface area (Å²) >= 11 is 0. The van der Waals surface area contributed by atoms with Gasteiger partial charge in [-0.25, -0.2) is 0 Å². The Morgan fingerprint density at radius 3 is 2.18 bits per heavy atom. The zero-order valence-corrected chi connectivity index (χ0v) is 7.21. The van der Waals surface area contributed by atoms with Gasteiger partial charge in [0.2, 0.25) is 0 Å². The van der Waals surface area contributed by atoms with Crippen LogP contribution in [0.1, 0.15) is 26.2 Å². The Balaban J connectivity index is 2.69. The molecule has 1 N–H and O–H groups in total. The molecule has 11 heavy (non-hydrogen) atoms. The molecule has 68 valence electrons. The summed E-state index contributed by atoms with van der Waals surface area (Å²) in [4.78, 5) is 0. The Bertz CT molecular complexity index is 58.4. The molecule has 3 heteroatoms. The third kappa shape index (κ3) is 9.88. The molecule has 0 atom stereocenters. The maximum atomic E-state index is 8.26. The molecule has 0 fully saturated rings. The van der Waals surface area contributed by atoms with Crippen molar-refractivity contribution >= 4 is 0 Å². The fourth-order valence-electron chi connectivity index (χ4n) is 0.794. The van der Waals surface area contributed by atoms with Gasteiger partial charge in [0.25, 0.3) is 0 Å². The zero-order chi connectivity index (χ0) is 8.36. The lowest BCUT2D eigenvalue weighted by molar-refractivity contribution is -0.00330. The summed E-state index contributed by atoms with van der Waals surface area (Å²) in [5.74, 6) is 0. The fraction of sp³-hybridized carbons (Fsp3) is 1.00. The van der Waals surface area contributed by atoms with Crippen LogP contribution in [0.15, 0.2) is 0 Å². The summed E-state index contributed by atoms with van der Waals surface area (Å²) in [6, 6.07) is 0. The maximum absolute atomic E-state index is 8.26. The average molecular weight is 162 g/mol. The Labute approximate surface area is 68.3 Å². The predicted molar refractivity (Wildman–Crippen MR) is 43.4 cm³/mol. The number of hydrogen-bond acceptors (Lipinski definition) is 3. The SMILES string of the molecule is CCOCCCCCOCO. The van der Waals surface area contributed by atoms with Gasteiger partial charge in [-0.2, -0.15) is 0 Å². The molecule has 0 amide bonds. The molecule has 0 aliphatic carbocycles. The van der Waals surface area contributed by atoms with Crippen LogP contribution in [0.5, 0.6) is 0 Å². The van der Waals surface area contributed by atoms with E-state index < -0.39 is 0 Å². The van der Waals surface area contributed by atoms with Crippen molar-refractivity contribution in [3.63, 3.8) is 0 Å². The quantitative estimate of drug-likeness (QED) is 0.430. The van der Waals surface area contributed by atoms with Gasteiger partial charge in [-0.1, -0.05) is 0 Å². The minimum Gasteiger partial charge on any atom is -0.382 e. The largest absolute Gasteiger partial charge is 0.382 e. The average Bonchev–Trinajstić information content (AvgIpc) is 2.03. The molecular weight excluding hydrogens is 144 g/mol. The van der Waals surface area contributed by atoms with Crippen molar-refractivity contribution in [2.75, 3.05) is 26.6 Å². The van der Waals surface area contributed by atoms with Crippen LogP contribution in [0.4, 0.5) is 0 Å². The minimum atomic E-state index is -0.161. The topological polar surface area (TPSA) is 38.7 Å². The summed E-state index contributed by atoms with van der Waals surface area (Å²) in [6.07, 6.45) is 3.20. The first-order valence-electron chi connectivity index (χ1n) is 4.18. The number of aliphatic hydroxyl groups excluding tert-OH is 1. The van der Waals surface area contributed by atoms with Crippen molar-refractivity contribution in [1.29, 1.82) is 0 Å².